The number of hydrogen-bond acceptors (Lipinski definition) is 6. The zero-order valence-electron chi connectivity index (χ0n) is 15.7. The second kappa shape index (κ2) is 8.14. The number of esters is 1. The Morgan fingerprint density at radius 3 is 2.62 bits per heavy atom. The summed E-state index contributed by atoms with van der Waals surface area (Å²) in [4.78, 5) is 23.9. The molecule has 6 nitrogen and oxygen atoms in total. The molecule has 148 valence electrons. The van der Waals surface area contributed by atoms with Crippen molar-refractivity contribution in [2.24, 2.45) is 0 Å². The van der Waals surface area contributed by atoms with E-state index in [-0.39, 0.29) is 5.37 Å². The number of carboxylic acids is 1. The molecule has 0 aromatic heterocycles. The van der Waals surface area contributed by atoms with Gasteiger partial charge in [0.2, 0.25) is 0 Å². The molecule has 1 aliphatic rings. The first-order valence-electron chi connectivity index (χ1n) is 9.12. The van der Waals surface area contributed by atoms with Crippen LogP contribution in [0.15, 0.2) is 60.7 Å². The first kappa shape index (κ1) is 19.3. The maximum Gasteiger partial charge on any atom is 0.344 e. The second-order valence-electron chi connectivity index (χ2n) is 6.70. The van der Waals surface area contributed by atoms with Gasteiger partial charge in [0.25, 0.3) is 0 Å². The van der Waals surface area contributed by atoms with E-state index in [0.29, 0.717) is 22.8 Å². The quantitative estimate of drug-likeness (QED) is 0.507. The standard InChI is InChI=1S/C22H19NO5S/c1-27-19-11-14(20-23-17(12-29-20)21(24)25)9-10-18(19)28-22(26)16-8-4-6-13-5-2-3-7-15(13)16/h2-11,17,20,23H,12H2,1H3,(H,24,25)/t17-,20-/m1/s1. The fraction of sp³-hybridized carbons (Fsp3) is 0.182. The Morgan fingerprint density at radius 2 is 1.86 bits per heavy atom. The highest BCUT2D eigenvalue weighted by Crippen LogP contribution is 2.35. The van der Waals surface area contributed by atoms with Gasteiger partial charge in [0.05, 0.1) is 18.4 Å². The van der Waals surface area contributed by atoms with Crippen LogP contribution in [0, 0.1) is 0 Å². The van der Waals surface area contributed by atoms with Crippen molar-refractivity contribution in [1.82, 2.24) is 0 Å². The SMILES string of the molecule is COc1cc([C@@H]2[NH2+][C@@H](C(=O)[O-])CS2)ccc1OC(=O)c1cccc2ccccc12. The number of thioether (sulfide) groups is 1. The maximum atomic E-state index is 12.8. The summed E-state index contributed by atoms with van der Waals surface area (Å²) < 4.78 is 11.0. The van der Waals surface area contributed by atoms with Gasteiger partial charge in [-0.1, -0.05) is 48.2 Å². The van der Waals surface area contributed by atoms with Crippen molar-refractivity contribution in [3.8, 4) is 11.5 Å². The summed E-state index contributed by atoms with van der Waals surface area (Å²) in [6, 6.07) is 17.8. The Hall–Kier alpha value is -3.03. The molecule has 0 amide bonds. The first-order chi connectivity index (χ1) is 14.1. The van der Waals surface area contributed by atoms with Crippen LogP contribution in [0.4, 0.5) is 0 Å². The third kappa shape index (κ3) is 3.92. The molecule has 7 heteroatoms. The van der Waals surface area contributed by atoms with Gasteiger partial charge >= 0.3 is 5.97 Å². The Bertz CT molecular complexity index is 1080. The van der Waals surface area contributed by atoms with E-state index in [1.165, 1.54) is 18.9 Å². The third-order valence-electron chi connectivity index (χ3n) is 4.89. The van der Waals surface area contributed by atoms with Crippen LogP contribution < -0.4 is 19.9 Å². The highest BCUT2D eigenvalue weighted by Gasteiger charge is 2.31. The molecule has 29 heavy (non-hydrogen) atoms. The van der Waals surface area contributed by atoms with Gasteiger partial charge in [-0.3, -0.25) is 0 Å². The Balaban J connectivity index is 1.57. The van der Waals surface area contributed by atoms with E-state index in [1.54, 1.807) is 23.5 Å². The molecule has 1 fully saturated rings. The van der Waals surface area contributed by atoms with Crippen molar-refractivity contribution in [2.75, 3.05) is 12.9 Å². The van der Waals surface area contributed by atoms with Crippen molar-refractivity contribution in [3.63, 3.8) is 0 Å². The molecule has 0 radical (unpaired) electrons. The molecule has 2 atom stereocenters. The third-order valence-corrected chi connectivity index (χ3v) is 6.23. The van der Waals surface area contributed by atoms with Crippen molar-refractivity contribution >= 4 is 34.5 Å². The zero-order chi connectivity index (χ0) is 20.4. The summed E-state index contributed by atoms with van der Waals surface area (Å²) in [5, 5.41) is 14.5. The van der Waals surface area contributed by atoms with Crippen LogP contribution >= 0.6 is 11.8 Å². The summed E-state index contributed by atoms with van der Waals surface area (Å²) in [5.41, 5.74) is 1.37. The maximum absolute atomic E-state index is 12.8. The number of quaternary nitrogens is 1. The van der Waals surface area contributed by atoms with Crippen LogP contribution in [0.3, 0.4) is 0 Å². The number of benzene rings is 3. The van der Waals surface area contributed by atoms with E-state index in [4.69, 9.17) is 9.47 Å². The number of rotatable bonds is 5. The minimum absolute atomic E-state index is 0.0744. The van der Waals surface area contributed by atoms with Crippen molar-refractivity contribution in [3.05, 3.63) is 71.8 Å². The average molecular weight is 409 g/mol. The molecule has 4 rings (SSSR count). The summed E-state index contributed by atoms with van der Waals surface area (Å²) in [6.07, 6.45) is 0. The highest BCUT2D eigenvalue weighted by atomic mass is 32.2. The number of fused-ring (bicyclic) bond motifs is 1. The van der Waals surface area contributed by atoms with E-state index in [0.717, 1.165) is 16.3 Å². The van der Waals surface area contributed by atoms with Gasteiger partial charge < -0.3 is 24.7 Å². The van der Waals surface area contributed by atoms with Gasteiger partial charge in [-0.05, 0) is 35.0 Å². The van der Waals surface area contributed by atoms with Crippen LogP contribution in [-0.4, -0.2) is 30.8 Å². The molecule has 0 spiro atoms. The molecule has 0 unspecified atom stereocenters. The Morgan fingerprint density at radius 1 is 1.07 bits per heavy atom. The van der Waals surface area contributed by atoms with E-state index >= 15 is 0 Å². The monoisotopic (exact) mass is 409 g/mol. The zero-order valence-corrected chi connectivity index (χ0v) is 16.5. The molecule has 0 saturated carbocycles. The van der Waals surface area contributed by atoms with Crippen molar-refractivity contribution in [1.29, 1.82) is 0 Å². The van der Waals surface area contributed by atoms with Crippen LogP contribution in [0.5, 0.6) is 11.5 Å². The van der Waals surface area contributed by atoms with Crippen LogP contribution in [0.1, 0.15) is 21.3 Å². The lowest BCUT2D eigenvalue weighted by Gasteiger charge is -2.14. The van der Waals surface area contributed by atoms with Crippen LogP contribution in [0.25, 0.3) is 10.8 Å². The number of nitrogens with two attached hydrogens (primary N) is 1. The van der Waals surface area contributed by atoms with Gasteiger partial charge in [0, 0.05) is 5.56 Å². The van der Waals surface area contributed by atoms with Gasteiger partial charge in [-0.2, -0.15) is 0 Å². The number of carboxylic acid groups (broad SMARTS) is 1. The second-order valence-corrected chi connectivity index (χ2v) is 7.87. The lowest BCUT2D eigenvalue weighted by atomic mass is 10.0. The molecule has 3 aromatic carbocycles. The molecular weight excluding hydrogens is 390 g/mol. The fourth-order valence-electron chi connectivity index (χ4n) is 3.39. The van der Waals surface area contributed by atoms with E-state index in [2.05, 4.69) is 0 Å². The number of carbonyl (C=O) groups excluding carboxylic acids is 2. The predicted molar refractivity (Wildman–Crippen MR) is 108 cm³/mol. The summed E-state index contributed by atoms with van der Waals surface area (Å²) >= 11 is 1.53. The summed E-state index contributed by atoms with van der Waals surface area (Å²) in [5.74, 6) is -0.317. The normalized spacial score (nSPS) is 18.5. The average Bonchev–Trinajstić information content (AvgIpc) is 3.24. The van der Waals surface area contributed by atoms with Gasteiger partial charge in [0.15, 0.2) is 16.9 Å². The van der Waals surface area contributed by atoms with E-state index in [9.17, 15) is 14.7 Å². The minimum atomic E-state index is -1.06. The molecule has 0 bridgehead atoms. The fourth-order valence-corrected chi connectivity index (χ4v) is 4.69. The number of aliphatic carboxylic acids is 1. The molecule has 0 aliphatic carbocycles. The molecule has 2 N–H and O–H groups in total. The van der Waals surface area contributed by atoms with Gasteiger partial charge in [-0.25, -0.2) is 4.79 Å². The first-order valence-corrected chi connectivity index (χ1v) is 10.2. The summed E-state index contributed by atoms with van der Waals surface area (Å²) in [6.45, 7) is 0. The number of carbonyl (C=O) groups is 2. The van der Waals surface area contributed by atoms with Crippen molar-refractivity contribution in [2.45, 2.75) is 11.4 Å². The number of hydrogen-bond donors (Lipinski definition) is 1. The largest absolute Gasteiger partial charge is 0.544 e. The molecular formula is C22H19NO5S. The molecule has 1 saturated heterocycles. The molecule has 1 aliphatic heterocycles. The lowest BCUT2D eigenvalue weighted by Crippen LogP contribution is -2.90. The Kier molecular flexibility index (Phi) is 5.42. The lowest BCUT2D eigenvalue weighted by molar-refractivity contribution is -0.690. The molecule has 3 aromatic rings. The highest BCUT2D eigenvalue weighted by molar-refractivity contribution is 7.99. The van der Waals surface area contributed by atoms with E-state index < -0.39 is 18.0 Å². The topological polar surface area (TPSA) is 92.3 Å². The smallest absolute Gasteiger partial charge is 0.344 e. The van der Waals surface area contributed by atoms with Crippen molar-refractivity contribution < 1.29 is 29.5 Å². The summed E-state index contributed by atoms with van der Waals surface area (Å²) in [7, 11) is 1.50. The van der Waals surface area contributed by atoms with Gasteiger partial charge in [-0.15, -0.1) is 0 Å². The predicted octanol–water partition coefficient (Wildman–Crippen LogP) is 1.49. The van der Waals surface area contributed by atoms with Crippen LogP contribution in [-0.2, 0) is 4.79 Å². The number of methoxy groups -OCH3 is 1. The minimum Gasteiger partial charge on any atom is -0.544 e. The van der Waals surface area contributed by atoms with Crippen LogP contribution in [0.2, 0.25) is 0 Å². The Labute approximate surface area is 171 Å². The van der Waals surface area contributed by atoms with E-state index in [1.807, 2.05) is 42.5 Å². The number of ether oxygens (including phenoxy) is 2. The van der Waals surface area contributed by atoms with Gasteiger partial charge in [0.1, 0.15) is 12.0 Å². The molecule has 1 heterocycles.